The summed E-state index contributed by atoms with van der Waals surface area (Å²) in [4.78, 5) is 8.97. The van der Waals surface area contributed by atoms with E-state index in [0.29, 0.717) is 0 Å². The number of thiophene rings is 1. The lowest BCUT2D eigenvalue weighted by Gasteiger charge is -1.84. The van der Waals surface area contributed by atoms with Crippen molar-refractivity contribution >= 4 is 35.0 Å². The fourth-order valence-electron chi connectivity index (χ4n) is 2.02. The molecule has 0 fully saturated rings. The SMILES string of the molecule is C1=Nc2c3c(sc2=C1)=c1ccccc1=N3. The van der Waals surface area contributed by atoms with Crippen LogP contribution in [0.1, 0.15) is 0 Å². The molecule has 0 atom stereocenters. The van der Waals surface area contributed by atoms with Gasteiger partial charge in [-0.25, -0.2) is 4.99 Å². The van der Waals surface area contributed by atoms with Crippen LogP contribution in [0.3, 0.4) is 0 Å². The second-order valence-corrected chi connectivity index (χ2v) is 4.62. The molecule has 2 aromatic rings. The summed E-state index contributed by atoms with van der Waals surface area (Å²) in [6.45, 7) is 0. The Morgan fingerprint density at radius 3 is 3.00 bits per heavy atom. The molecule has 0 spiro atoms. The van der Waals surface area contributed by atoms with Gasteiger partial charge in [-0.15, -0.1) is 11.3 Å². The van der Waals surface area contributed by atoms with Gasteiger partial charge in [0, 0.05) is 11.4 Å². The van der Waals surface area contributed by atoms with E-state index in [2.05, 4.69) is 34.3 Å². The Balaban J connectivity index is 2.38. The van der Waals surface area contributed by atoms with Crippen LogP contribution in [0, 0.1) is 9.75 Å². The Hall–Kier alpha value is -1.74. The van der Waals surface area contributed by atoms with Crippen LogP contribution in [-0.4, -0.2) is 6.21 Å². The van der Waals surface area contributed by atoms with Crippen LogP contribution < -0.4 is 9.89 Å². The van der Waals surface area contributed by atoms with Gasteiger partial charge in [-0.2, -0.15) is 0 Å². The summed E-state index contributed by atoms with van der Waals surface area (Å²) in [5.41, 5.74) is 2.10. The molecule has 0 saturated carbocycles. The first-order chi connectivity index (χ1) is 7.43. The molecule has 1 aromatic carbocycles. The van der Waals surface area contributed by atoms with Crippen LogP contribution in [0.4, 0.5) is 11.4 Å². The van der Waals surface area contributed by atoms with Crippen molar-refractivity contribution in [2.75, 3.05) is 0 Å². The fraction of sp³-hybridized carbons (Fsp3) is 0. The Labute approximate surface area is 89.3 Å². The van der Waals surface area contributed by atoms with Crippen molar-refractivity contribution in [2.24, 2.45) is 9.98 Å². The monoisotopic (exact) mass is 210 g/mol. The van der Waals surface area contributed by atoms with Crippen molar-refractivity contribution in [3.05, 3.63) is 43.9 Å². The van der Waals surface area contributed by atoms with Crippen LogP contribution in [0.2, 0.25) is 0 Å². The number of fused-ring (bicyclic) bond motifs is 4. The van der Waals surface area contributed by atoms with Gasteiger partial charge in [-0.1, -0.05) is 18.2 Å². The van der Waals surface area contributed by atoms with Crippen LogP contribution in [0.5, 0.6) is 0 Å². The highest BCUT2D eigenvalue weighted by Gasteiger charge is 2.14. The smallest absolute Gasteiger partial charge is 0.109 e. The summed E-state index contributed by atoms with van der Waals surface area (Å²) in [6, 6.07) is 8.26. The standard InChI is InChI=1S/C12H6N2S/c1-2-4-8-7(3-1)12-11(14-8)10-9(15-12)5-6-13-10/h1-6H. The van der Waals surface area contributed by atoms with Gasteiger partial charge in [-0.05, 0) is 12.1 Å². The van der Waals surface area contributed by atoms with E-state index in [1.807, 2.05) is 12.3 Å². The number of benzene rings is 1. The molecule has 4 rings (SSSR count). The summed E-state index contributed by atoms with van der Waals surface area (Å²) in [5, 5.41) is 2.32. The maximum Gasteiger partial charge on any atom is 0.109 e. The molecule has 2 aliphatic rings. The van der Waals surface area contributed by atoms with E-state index >= 15 is 0 Å². The molecule has 1 aromatic heterocycles. The molecule has 0 amide bonds. The predicted molar refractivity (Wildman–Crippen MR) is 61.5 cm³/mol. The first-order valence-electron chi connectivity index (χ1n) is 4.79. The lowest BCUT2D eigenvalue weighted by molar-refractivity contribution is 1.37. The molecule has 0 radical (unpaired) electrons. The van der Waals surface area contributed by atoms with Gasteiger partial charge in [0.25, 0.3) is 0 Å². The van der Waals surface area contributed by atoms with Crippen molar-refractivity contribution < 1.29 is 0 Å². The van der Waals surface area contributed by atoms with Gasteiger partial charge >= 0.3 is 0 Å². The van der Waals surface area contributed by atoms with E-state index in [4.69, 9.17) is 0 Å². The van der Waals surface area contributed by atoms with E-state index in [1.54, 1.807) is 11.3 Å². The molecule has 3 heteroatoms. The van der Waals surface area contributed by atoms with Crippen molar-refractivity contribution in [3.63, 3.8) is 0 Å². The van der Waals surface area contributed by atoms with E-state index in [9.17, 15) is 0 Å². The van der Waals surface area contributed by atoms with E-state index < -0.39 is 0 Å². The second kappa shape index (κ2) is 2.44. The average Bonchev–Trinajstić information content (AvgIpc) is 2.87. The lowest BCUT2D eigenvalue weighted by Crippen LogP contribution is -1.98. The normalized spacial score (nSPS) is 14.1. The summed E-state index contributed by atoms with van der Waals surface area (Å²) in [7, 11) is 0. The first-order valence-corrected chi connectivity index (χ1v) is 5.60. The Morgan fingerprint density at radius 2 is 2.00 bits per heavy atom. The zero-order valence-electron chi connectivity index (χ0n) is 7.77. The van der Waals surface area contributed by atoms with Gasteiger partial charge < -0.3 is 0 Å². The number of aliphatic imine (C=N–C) groups is 1. The quantitative estimate of drug-likeness (QED) is 0.540. The van der Waals surface area contributed by atoms with Gasteiger partial charge in [0.1, 0.15) is 11.4 Å². The molecule has 0 bridgehead atoms. The van der Waals surface area contributed by atoms with Gasteiger partial charge in [0.15, 0.2) is 0 Å². The van der Waals surface area contributed by atoms with Crippen molar-refractivity contribution in [1.29, 1.82) is 0 Å². The molecular formula is C12H6N2S. The average molecular weight is 210 g/mol. The minimum Gasteiger partial charge on any atom is -0.253 e. The number of nitrogens with zero attached hydrogens (tertiary/aromatic N) is 2. The van der Waals surface area contributed by atoms with E-state index in [1.165, 1.54) is 14.3 Å². The Morgan fingerprint density at radius 1 is 1.07 bits per heavy atom. The van der Waals surface area contributed by atoms with Crippen LogP contribution >= 0.6 is 11.3 Å². The molecule has 0 saturated heterocycles. The summed E-state index contributed by atoms with van der Waals surface area (Å²) in [5.74, 6) is 0. The van der Waals surface area contributed by atoms with Crippen molar-refractivity contribution in [1.82, 2.24) is 0 Å². The van der Waals surface area contributed by atoms with Crippen LogP contribution in [0.25, 0.3) is 6.08 Å². The Bertz CT molecular complexity index is 812. The van der Waals surface area contributed by atoms with Gasteiger partial charge in [0.2, 0.25) is 0 Å². The molecular weight excluding hydrogens is 204 g/mol. The Kier molecular flexibility index (Phi) is 1.22. The molecule has 70 valence electrons. The molecule has 2 aliphatic heterocycles. The third kappa shape index (κ3) is 0.837. The summed E-state index contributed by atoms with van der Waals surface area (Å²) in [6.07, 6.45) is 3.90. The number of hydrogen-bond acceptors (Lipinski definition) is 3. The minimum atomic E-state index is 1.05. The second-order valence-electron chi connectivity index (χ2n) is 3.57. The molecule has 2 nitrogen and oxygen atoms in total. The number of para-hydroxylation sites is 1. The first kappa shape index (κ1) is 7.54. The van der Waals surface area contributed by atoms with Gasteiger partial charge in [-0.3, -0.25) is 4.99 Å². The predicted octanol–water partition coefficient (Wildman–Crippen LogP) is 1.80. The zero-order valence-corrected chi connectivity index (χ0v) is 8.58. The maximum atomic E-state index is 4.62. The molecule has 3 heterocycles. The third-order valence-electron chi connectivity index (χ3n) is 2.70. The summed E-state index contributed by atoms with van der Waals surface area (Å²) < 4.78 is 2.50. The van der Waals surface area contributed by atoms with Crippen molar-refractivity contribution in [2.45, 2.75) is 0 Å². The van der Waals surface area contributed by atoms with Crippen molar-refractivity contribution in [3.8, 4) is 0 Å². The fourth-order valence-corrected chi connectivity index (χ4v) is 3.13. The summed E-state index contributed by atoms with van der Waals surface area (Å²) >= 11 is 1.78. The highest BCUT2D eigenvalue weighted by atomic mass is 32.1. The topological polar surface area (TPSA) is 24.7 Å². The highest BCUT2D eigenvalue weighted by Crippen LogP contribution is 2.32. The zero-order chi connectivity index (χ0) is 9.83. The van der Waals surface area contributed by atoms with Crippen LogP contribution in [-0.2, 0) is 0 Å². The third-order valence-corrected chi connectivity index (χ3v) is 3.86. The molecule has 0 aliphatic carbocycles. The minimum absolute atomic E-state index is 1.05. The lowest BCUT2D eigenvalue weighted by atomic mass is 10.3. The molecule has 15 heavy (non-hydrogen) atoms. The van der Waals surface area contributed by atoms with E-state index in [-0.39, 0.29) is 0 Å². The molecule has 0 N–H and O–H groups in total. The maximum absolute atomic E-state index is 4.62. The molecule has 0 unspecified atom stereocenters. The van der Waals surface area contributed by atoms with Gasteiger partial charge in [0.05, 0.1) is 14.4 Å². The highest BCUT2D eigenvalue weighted by molar-refractivity contribution is 7.09. The number of rotatable bonds is 0. The van der Waals surface area contributed by atoms with Crippen LogP contribution in [0.15, 0.2) is 34.3 Å². The van der Waals surface area contributed by atoms with E-state index in [0.717, 1.165) is 16.7 Å². The number of hydrogen-bond donors (Lipinski definition) is 0. The largest absolute Gasteiger partial charge is 0.253 e.